The molecule has 2 nitrogen and oxygen atoms in total. The number of ketones is 1. The normalized spacial score (nSPS) is 27.7. The van der Waals surface area contributed by atoms with Crippen LogP contribution in [0.25, 0.3) is 0 Å². The molecule has 2 rings (SSSR count). The molecule has 2 N–H and O–H groups in total. The molecule has 17 heavy (non-hydrogen) atoms. The zero-order valence-corrected chi connectivity index (χ0v) is 9.69. The van der Waals surface area contributed by atoms with Crippen molar-refractivity contribution in [1.29, 1.82) is 0 Å². The summed E-state index contributed by atoms with van der Waals surface area (Å²) in [7, 11) is 0. The van der Waals surface area contributed by atoms with Crippen LogP contribution >= 0.6 is 11.6 Å². The van der Waals surface area contributed by atoms with Crippen LogP contribution in [0.2, 0.25) is 0 Å². The molecule has 0 saturated heterocycles. The number of Topliss-reactive ketones (excluding diaryl/α,β-unsaturated/α-hetero) is 1. The number of hydrogen-bond donors (Lipinski definition) is 1. The molecule has 0 aromatic heterocycles. The number of nitrogens with two attached hydrogens (primary N) is 1. The third-order valence-corrected chi connectivity index (χ3v) is 2.89. The summed E-state index contributed by atoms with van der Waals surface area (Å²) in [6.45, 7) is 0. The van der Waals surface area contributed by atoms with Crippen molar-refractivity contribution in [3.8, 4) is 0 Å². The average molecular weight is 252 g/mol. The lowest BCUT2D eigenvalue weighted by Gasteiger charge is -2.26. The summed E-state index contributed by atoms with van der Waals surface area (Å²) >= 11 is 5.77. The highest BCUT2D eigenvalue weighted by Gasteiger charge is 2.38. The van der Waals surface area contributed by atoms with E-state index in [-0.39, 0.29) is 5.78 Å². The van der Waals surface area contributed by atoms with Crippen LogP contribution in [-0.2, 0) is 0 Å². The van der Waals surface area contributed by atoms with Crippen molar-refractivity contribution in [2.45, 2.75) is 5.79 Å². The third kappa shape index (κ3) is 2.46. The van der Waals surface area contributed by atoms with Gasteiger partial charge in [-0.2, -0.15) is 0 Å². The van der Waals surface area contributed by atoms with Gasteiger partial charge in [-0.1, -0.05) is 48.0 Å². The predicted octanol–water partition coefficient (Wildman–Crippen LogP) is 2.80. The quantitative estimate of drug-likeness (QED) is 0.649. The number of rotatable bonds is 2. The molecular weight excluding hydrogens is 241 g/mol. The third-order valence-electron chi connectivity index (χ3n) is 2.64. The van der Waals surface area contributed by atoms with Gasteiger partial charge < -0.3 is 0 Å². The molecule has 1 aliphatic rings. The van der Waals surface area contributed by atoms with E-state index >= 15 is 0 Å². The Morgan fingerprint density at radius 2 is 2.00 bits per heavy atom. The van der Waals surface area contributed by atoms with Crippen LogP contribution in [0.4, 0.5) is 4.39 Å². The van der Waals surface area contributed by atoms with E-state index in [1.807, 2.05) is 0 Å². The number of benzene rings is 1. The van der Waals surface area contributed by atoms with E-state index in [0.717, 1.165) is 6.08 Å². The van der Waals surface area contributed by atoms with Gasteiger partial charge in [-0.05, 0) is 12.2 Å². The molecule has 0 fully saturated rings. The monoisotopic (exact) mass is 251 g/mol. The van der Waals surface area contributed by atoms with Gasteiger partial charge >= 0.3 is 0 Å². The van der Waals surface area contributed by atoms with Crippen LogP contribution in [0.1, 0.15) is 10.4 Å². The molecule has 0 unspecified atom stereocenters. The van der Waals surface area contributed by atoms with Crippen molar-refractivity contribution in [2.24, 2.45) is 11.7 Å². The number of carbonyl (C=O) groups excluding carboxylic acids is 1. The van der Waals surface area contributed by atoms with Crippen molar-refractivity contribution >= 4 is 17.4 Å². The smallest absolute Gasteiger partial charge is 0.191 e. The van der Waals surface area contributed by atoms with Crippen LogP contribution in [0.5, 0.6) is 0 Å². The predicted molar refractivity (Wildman–Crippen MR) is 65.4 cm³/mol. The molecule has 2 atom stereocenters. The molecule has 1 aromatic rings. The Hall–Kier alpha value is -1.45. The van der Waals surface area contributed by atoms with Crippen LogP contribution in [-0.4, -0.2) is 11.6 Å². The first kappa shape index (κ1) is 12.0. The largest absolute Gasteiger partial charge is 0.295 e. The van der Waals surface area contributed by atoms with Gasteiger partial charge in [0.1, 0.15) is 0 Å². The van der Waals surface area contributed by atoms with Crippen molar-refractivity contribution in [1.82, 2.24) is 0 Å². The van der Waals surface area contributed by atoms with Crippen LogP contribution in [0.3, 0.4) is 0 Å². The van der Waals surface area contributed by atoms with Gasteiger partial charge in [0.2, 0.25) is 0 Å². The SMILES string of the molecule is N[C@@]1(F)C=CC(Cl)=C[C@@H]1C(=O)c1ccccc1. The van der Waals surface area contributed by atoms with E-state index in [9.17, 15) is 9.18 Å². The molecule has 0 spiro atoms. The Labute approximate surface area is 104 Å². The Balaban J connectivity index is 2.34. The minimum absolute atomic E-state index is 0.318. The van der Waals surface area contributed by atoms with Gasteiger partial charge in [-0.25, -0.2) is 4.39 Å². The second kappa shape index (κ2) is 4.43. The molecular formula is C13H11ClFNO. The van der Waals surface area contributed by atoms with Gasteiger partial charge in [0.15, 0.2) is 11.6 Å². The molecule has 0 amide bonds. The summed E-state index contributed by atoms with van der Waals surface area (Å²) in [6, 6.07) is 8.46. The maximum Gasteiger partial charge on any atom is 0.191 e. The second-order valence-electron chi connectivity index (χ2n) is 3.92. The Morgan fingerprint density at radius 1 is 1.35 bits per heavy atom. The van der Waals surface area contributed by atoms with Gasteiger partial charge in [-0.15, -0.1) is 0 Å². The second-order valence-corrected chi connectivity index (χ2v) is 4.36. The zero-order valence-electron chi connectivity index (χ0n) is 8.94. The number of carbonyl (C=O) groups is 1. The molecule has 0 radical (unpaired) electrons. The number of hydrogen-bond acceptors (Lipinski definition) is 2. The minimum Gasteiger partial charge on any atom is -0.295 e. The topological polar surface area (TPSA) is 43.1 Å². The Morgan fingerprint density at radius 3 is 2.65 bits per heavy atom. The van der Waals surface area contributed by atoms with Gasteiger partial charge in [-0.3, -0.25) is 10.5 Å². The Bertz CT molecular complexity index is 493. The molecule has 1 aliphatic carbocycles. The summed E-state index contributed by atoms with van der Waals surface area (Å²) < 4.78 is 14.0. The maximum absolute atomic E-state index is 14.0. The summed E-state index contributed by atoms with van der Waals surface area (Å²) in [5.74, 6) is -3.65. The van der Waals surface area contributed by atoms with E-state index in [0.29, 0.717) is 10.6 Å². The highest BCUT2D eigenvalue weighted by atomic mass is 35.5. The first-order valence-corrected chi connectivity index (χ1v) is 5.52. The molecule has 1 aromatic carbocycles. The standard InChI is InChI=1S/C13H11ClFNO/c14-10-6-7-13(15,16)11(8-10)12(17)9-4-2-1-3-5-9/h1-8,11H,16H2/t11-,13+/m1/s1. The fourth-order valence-electron chi connectivity index (χ4n) is 1.71. The number of alkyl halides is 1. The average Bonchev–Trinajstić information content (AvgIpc) is 2.33. The van der Waals surface area contributed by atoms with E-state index in [1.165, 1.54) is 12.2 Å². The first-order chi connectivity index (χ1) is 8.00. The van der Waals surface area contributed by atoms with Crippen molar-refractivity contribution in [2.75, 3.05) is 0 Å². The summed E-state index contributed by atoms with van der Waals surface area (Å²) in [5, 5.41) is 0.318. The highest BCUT2D eigenvalue weighted by Crippen LogP contribution is 2.30. The fraction of sp³-hybridized carbons (Fsp3) is 0.154. The molecule has 0 heterocycles. The van der Waals surface area contributed by atoms with E-state index in [4.69, 9.17) is 17.3 Å². The van der Waals surface area contributed by atoms with Crippen LogP contribution in [0.15, 0.2) is 53.6 Å². The zero-order chi connectivity index (χ0) is 12.5. The lowest BCUT2D eigenvalue weighted by molar-refractivity contribution is 0.0807. The van der Waals surface area contributed by atoms with Gasteiger partial charge in [0.25, 0.3) is 0 Å². The van der Waals surface area contributed by atoms with E-state index < -0.39 is 11.7 Å². The first-order valence-electron chi connectivity index (χ1n) is 5.14. The van der Waals surface area contributed by atoms with E-state index in [1.54, 1.807) is 30.3 Å². The number of allylic oxidation sites excluding steroid dienone is 2. The molecule has 0 bridgehead atoms. The molecule has 0 saturated carbocycles. The summed E-state index contributed by atoms with van der Waals surface area (Å²) in [6.07, 6.45) is 3.81. The molecule has 0 aliphatic heterocycles. The van der Waals surface area contributed by atoms with Crippen LogP contribution in [0, 0.1) is 5.92 Å². The van der Waals surface area contributed by atoms with E-state index in [2.05, 4.69) is 0 Å². The fourth-order valence-corrected chi connectivity index (χ4v) is 1.90. The van der Waals surface area contributed by atoms with Crippen molar-refractivity contribution in [3.05, 3.63) is 59.2 Å². The van der Waals surface area contributed by atoms with Crippen molar-refractivity contribution < 1.29 is 9.18 Å². The number of halogens is 2. The minimum atomic E-state index is -2.19. The Kier molecular flexibility index (Phi) is 3.13. The summed E-state index contributed by atoms with van der Waals surface area (Å²) in [5.41, 5.74) is 5.86. The van der Waals surface area contributed by atoms with Gasteiger partial charge in [0.05, 0.1) is 5.92 Å². The van der Waals surface area contributed by atoms with Crippen molar-refractivity contribution in [3.63, 3.8) is 0 Å². The lowest BCUT2D eigenvalue weighted by Crippen LogP contribution is -2.45. The maximum atomic E-state index is 14.0. The molecule has 88 valence electrons. The molecule has 4 heteroatoms. The summed E-state index contributed by atoms with van der Waals surface area (Å²) in [4.78, 5) is 12.1. The lowest BCUT2D eigenvalue weighted by atomic mass is 9.86. The highest BCUT2D eigenvalue weighted by molar-refractivity contribution is 6.31. The van der Waals surface area contributed by atoms with Crippen LogP contribution < -0.4 is 5.73 Å². The van der Waals surface area contributed by atoms with Gasteiger partial charge in [0, 0.05) is 10.6 Å².